The maximum atomic E-state index is 11.9. The number of halogens is 1. The largest absolute Gasteiger partial charge is 0.497 e. The molecular weight excluding hydrogens is 400 g/mol. The number of nitrogens with zero attached hydrogens (tertiary/aromatic N) is 1. The first-order valence-corrected chi connectivity index (χ1v) is 10.9. The fourth-order valence-corrected chi connectivity index (χ4v) is 4.07. The van der Waals surface area contributed by atoms with Crippen molar-refractivity contribution in [1.82, 2.24) is 10.3 Å². The summed E-state index contributed by atoms with van der Waals surface area (Å²) in [7, 11) is 1.66. The number of aromatic nitrogens is 1. The van der Waals surface area contributed by atoms with Crippen LogP contribution >= 0.6 is 11.6 Å². The van der Waals surface area contributed by atoms with Crippen molar-refractivity contribution in [2.24, 2.45) is 5.92 Å². The summed E-state index contributed by atoms with van der Waals surface area (Å²) in [6, 6.07) is 6.05. The summed E-state index contributed by atoms with van der Waals surface area (Å²) < 4.78 is 10.7. The summed E-state index contributed by atoms with van der Waals surface area (Å²) in [5.41, 5.74) is 1.52. The number of ether oxygens (including phenoxy) is 2. The average molecular weight is 431 g/mol. The molecule has 0 aliphatic heterocycles. The zero-order valence-corrected chi connectivity index (χ0v) is 19.0. The van der Waals surface area contributed by atoms with Gasteiger partial charge in [-0.2, -0.15) is 0 Å². The molecule has 1 aromatic carbocycles. The van der Waals surface area contributed by atoms with Crippen molar-refractivity contribution in [3.63, 3.8) is 0 Å². The molecule has 1 amide bonds. The van der Waals surface area contributed by atoms with E-state index in [2.05, 4.69) is 22.5 Å². The van der Waals surface area contributed by atoms with Crippen LogP contribution < -0.4 is 10.1 Å². The summed E-state index contributed by atoms with van der Waals surface area (Å²) in [5, 5.41) is 4.69. The number of hydrogen-bond donors (Lipinski definition) is 1. The number of pyridine rings is 1. The van der Waals surface area contributed by atoms with Crippen LogP contribution in [-0.4, -0.2) is 29.8 Å². The van der Waals surface area contributed by atoms with Crippen LogP contribution in [0, 0.1) is 5.92 Å². The van der Waals surface area contributed by atoms with Crippen molar-refractivity contribution in [3.05, 3.63) is 47.1 Å². The van der Waals surface area contributed by atoms with Gasteiger partial charge in [0.25, 0.3) is 0 Å². The van der Waals surface area contributed by atoms with Gasteiger partial charge in [0.15, 0.2) is 0 Å². The number of nitrogens with one attached hydrogen (secondary N) is 1. The fraction of sp³-hybridized carbons (Fsp3) is 0.500. The van der Waals surface area contributed by atoms with E-state index in [1.54, 1.807) is 13.3 Å². The molecule has 1 N–H and O–H groups in total. The zero-order valence-electron chi connectivity index (χ0n) is 18.2. The van der Waals surface area contributed by atoms with Crippen molar-refractivity contribution in [1.29, 1.82) is 0 Å². The minimum Gasteiger partial charge on any atom is -0.497 e. The molecule has 30 heavy (non-hydrogen) atoms. The predicted octanol–water partition coefficient (Wildman–Crippen LogP) is 6.08. The van der Waals surface area contributed by atoms with Gasteiger partial charge in [-0.3, -0.25) is 4.98 Å². The van der Waals surface area contributed by atoms with Crippen LogP contribution in [0.15, 0.2) is 36.5 Å². The Morgan fingerprint density at radius 3 is 2.67 bits per heavy atom. The Bertz CT molecular complexity index is 913. The number of benzene rings is 1. The Labute approximate surface area is 183 Å². The van der Waals surface area contributed by atoms with Gasteiger partial charge < -0.3 is 14.8 Å². The molecular formula is C24H31ClN2O3. The van der Waals surface area contributed by atoms with Crippen LogP contribution in [0.5, 0.6) is 5.75 Å². The Morgan fingerprint density at radius 2 is 2.00 bits per heavy atom. The molecule has 0 atom stereocenters. The number of hydrogen-bond acceptors (Lipinski definition) is 4. The molecule has 1 aliphatic carbocycles. The Kier molecular flexibility index (Phi) is 7.24. The number of carbonyl (C=O) groups is 1. The van der Waals surface area contributed by atoms with Crippen LogP contribution in [0.2, 0.25) is 5.02 Å². The van der Waals surface area contributed by atoms with Gasteiger partial charge in [0.05, 0.1) is 17.6 Å². The van der Waals surface area contributed by atoms with E-state index in [4.69, 9.17) is 21.1 Å². The summed E-state index contributed by atoms with van der Waals surface area (Å²) in [6.45, 7) is 5.63. The number of allylic oxidation sites excluding steroid dienone is 2. The van der Waals surface area contributed by atoms with Gasteiger partial charge in [-0.05, 0) is 82.6 Å². The molecule has 1 aromatic heterocycles. The van der Waals surface area contributed by atoms with Gasteiger partial charge in [0.1, 0.15) is 11.4 Å². The highest BCUT2D eigenvalue weighted by Gasteiger charge is 2.23. The number of alkyl carbamates (subject to hydrolysis) is 1. The van der Waals surface area contributed by atoms with Gasteiger partial charge in [-0.25, -0.2) is 4.79 Å². The number of fused-ring (bicyclic) bond motifs is 1. The topological polar surface area (TPSA) is 60.5 Å². The Balaban J connectivity index is 1.56. The van der Waals surface area contributed by atoms with Gasteiger partial charge in [0.2, 0.25) is 0 Å². The molecule has 1 heterocycles. The van der Waals surface area contributed by atoms with Gasteiger partial charge >= 0.3 is 6.09 Å². The lowest BCUT2D eigenvalue weighted by Crippen LogP contribution is -2.40. The normalized spacial score (nSPS) is 19.8. The standard InChI is InChI=1S/C24H31ClN2O3/c1-24(2,3)30-23(28)27-17-10-8-16(9-11-17)6-5-7-19-20-14-18(29-4)12-13-22(20)26-15-21(19)25/h5-6,12-17H,7-11H2,1-4H3,(H,27,28)/b6-5+. The molecule has 5 nitrogen and oxygen atoms in total. The van der Waals surface area contributed by atoms with Gasteiger partial charge in [0, 0.05) is 17.6 Å². The zero-order chi connectivity index (χ0) is 21.7. The third-order valence-corrected chi connectivity index (χ3v) is 5.68. The highest BCUT2D eigenvalue weighted by Crippen LogP contribution is 2.29. The van der Waals surface area contributed by atoms with E-state index in [9.17, 15) is 4.79 Å². The quantitative estimate of drug-likeness (QED) is 0.584. The molecule has 0 saturated heterocycles. The van der Waals surface area contributed by atoms with Gasteiger partial charge in [-0.15, -0.1) is 0 Å². The van der Waals surface area contributed by atoms with Crippen LogP contribution in [0.25, 0.3) is 10.9 Å². The third kappa shape index (κ3) is 6.11. The average Bonchev–Trinajstić information content (AvgIpc) is 2.69. The number of rotatable bonds is 5. The van der Waals surface area contributed by atoms with E-state index < -0.39 is 5.60 Å². The first-order chi connectivity index (χ1) is 14.2. The summed E-state index contributed by atoms with van der Waals surface area (Å²) in [6.07, 6.45) is 10.7. The third-order valence-electron chi connectivity index (χ3n) is 5.36. The maximum absolute atomic E-state index is 11.9. The molecule has 0 spiro atoms. The summed E-state index contributed by atoms with van der Waals surface area (Å²) in [4.78, 5) is 16.4. The number of carbonyl (C=O) groups excluding carboxylic acids is 1. The predicted molar refractivity (Wildman–Crippen MR) is 121 cm³/mol. The lowest BCUT2D eigenvalue weighted by molar-refractivity contribution is 0.0490. The molecule has 1 aliphatic rings. The van der Waals surface area contributed by atoms with Crippen LogP contribution in [0.4, 0.5) is 4.79 Å². The van der Waals surface area contributed by atoms with Crippen molar-refractivity contribution in [3.8, 4) is 5.75 Å². The summed E-state index contributed by atoms with van der Waals surface area (Å²) >= 11 is 6.44. The second-order valence-electron chi connectivity index (χ2n) is 8.86. The van der Waals surface area contributed by atoms with E-state index in [0.717, 1.165) is 54.3 Å². The molecule has 3 rings (SSSR count). The lowest BCUT2D eigenvalue weighted by Gasteiger charge is -2.28. The SMILES string of the molecule is COc1ccc2ncc(Cl)c(C/C=C/C3CCC(NC(=O)OC(C)(C)C)CC3)c2c1. The Morgan fingerprint density at radius 1 is 1.27 bits per heavy atom. The highest BCUT2D eigenvalue weighted by atomic mass is 35.5. The van der Waals surface area contributed by atoms with E-state index in [1.807, 2.05) is 39.0 Å². The molecule has 2 aromatic rings. The van der Waals surface area contributed by atoms with E-state index in [-0.39, 0.29) is 12.1 Å². The molecule has 0 unspecified atom stereocenters. The van der Waals surface area contributed by atoms with E-state index in [0.29, 0.717) is 10.9 Å². The summed E-state index contributed by atoms with van der Waals surface area (Å²) in [5.74, 6) is 1.32. The number of amides is 1. The minimum atomic E-state index is -0.466. The maximum Gasteiger partial charge on any atom is 0.407 e. The fourth-order valence-electron chi connectivity index (χ4n) is 3.85. The van der Waals surface area contributed by atoms with Crippen molar-refractivity contribution in [2.75, 3.05) is 7.11 Å². The second-order valence-corrected chi connectivity index (χ2v) is 9.27. The highest BCUT2D eigenvalue weighted by molar-refractivity contribution is 6.32. The van der Waals surface area contributed by atoms with Crippen molar-refractivity contribution >= 4 is 28.6 Å². The Hall–Kier alpha value is -2.27. The van der Waals surface area contributed by atoms with Crippen LogP contribution in [0.3, 0.4) is 0 Å². The first kappa shape index (κ1) is 22.4. The smallest absolute Gasteiger partial charge is 0.407 e. The van der Waals surface area contributed by atoms with E-state index in [1.165, 1.54) is 0 Å². The molecule has 0 radical (unpaired) electrons. The monoisotopic (exact) mass is 430 g/mol. The van der Waals surface area contributed by atoms with E-state index >= 15 is 0 Å². The molecule has 1 saturated carbocycles. The lowest BCUT2D eigenvalue weighted by atomic mass is 9.85. The molecule has 6 heteroatoms. The number of methoxy groups -OCH3 is 1. The minimum absolute atomic E-state index is 0.190. The molecule has 162 valence electrons. The first-order valence-electron chi connectivity index (χ1n) is 10.5. The second kappa shape index (κ2) is 9.69. The van der Waals surface area contributed by atoms with Crippen molar-refractivity contribution in [2.45, 2.75) is 64.5 Å². The van der Waals surface area contributed by atoms with Crippen LogP contribution in [0.1, 0.15) is 52.0 Å². The van der Waals surface area contributed by atoms with Crippen molar-refractivity contribution < 1.29 is 14.3 Å². The van der Waals surface area contributed by atoms with Gasteiger partial charge in [-0.1, -0.05) is 23.8 Å². The van der Waals surface area contributed by atoms with Crippen LogP contribution in [-0.2, 0) is 11.2 Å². The molecule has 0 bridgehead atoms. The molecule has 1 fully saturated rings.